The van der Waals surface area contributed by atoms with Crippen molar-refractivity contribution >= 4 is 23.9 Å². The molecule has 0 aromatic heterocycles. The first-order chi connectivity index (χ1) is 9.04. The summed E-state index contributed by atoms with van der Waals surface area (Å²) < 4.78 is 0. The Kier molecular flexibility index (Phi) is 20.1. The first-order valence-corrected chi connectivity index (χ1v) is 4.71. The van der Waals surface area contributed by atoms with Crippen LogP contribution in [0.15, 0.2) is 0 Å². The summed E-state index contributed by atoms with van der Waals surface area (Å²) in [7, 11) is 0. The molecule has 0 atom stereocenters. The Bertz CT molecular complexity index is 300. The SMILES string of the molecule is O=C([O-])CN(O)CC(=O)[O-].O=C([O-])CN(O)CC(=O)[O-].[Fe+3].[NH4+]. The summed E-state index contributed by atoms with van der Waals surface area (Å²) in [4.78, 5) is 38.7. The van der Waals surface area contributed by atoms with Crippen LogP contribution >= 0.6 is 0 Å². The van der Waals surface area contributed by atoms with Gasteiger partial charge in [-0.25, -0.2) is 0 Å². The van der Waals surface area contributed by atoms with Gasteiger partial charge in [0.1, 0.15) is 0 Å². The van der Waals surface area contributed by atoms with Gasteiger partial charge in [-0.15, -0.1) is 0 Å². The molecule has 0 fully saturated rings. The molecule has 0 spiro atoms. The predicted molar refractivity (Wildman–Crippen MR) is 52.7 cm³/mol. The summed E-state index contributed by atoms with van der Waals surface area (Å²) >= 11 is 0. The minimum atomic E-state index is -1.55. The molecule has 0 saturated carbocycles. The van der Waals surface area contributed by atoms with E-state index in [2.05, 4.69) is 0 Å². The van der Waals surface area contributed by atoms with Crippen LogP contribution in [0.4, 0.5) is 0 Å². The molecule has 6 N–H and O–H groups in total. The maximum atomic E-state index is 9.67. The van der Waals surface area contributed by atoms with E-state index in [1.807, 2.05) is 0 Å². The Labute approximate surface area is 134 Å². The molecule has 1 radical (unpaired) electrons. The van der Waals surface area contributed by atoms with E-state index < -0.39 is 50.1 Å². The average molecular weight is 368 g/mol. The number of hydroxylamine groups is 4. The van der Waals surface area contributed by atoms with E-state index in [-0.39, 0.29) is 33.3 Å². The van der Waals surface area contributed by atoms with Crippen LogP contribution in [-0.2, 0) is 36.2 Å². The monoisotopic (exact) mass is 368 g/mol. The fourth-order valence-corrected chi connectivity index (χ4v) is 0.708. The fraction of sp³-hybridized carbons (Fsp3) is 0.500. The summed E-state index contributed by atoms with van der Waals surface area (Å²) in [6, 6.07) is 0. The molecular weight excluding hydrogens is 354 g/mol. The van der Waals surface area contributed by atoms with Crippen LogP contribution in [0.1, 0.15) is 0 Å². The first kappa shape index (κ1) is 28.4. The molecular formula is C8H14FeN3O10. The summed E-state index contributed by atoms with van der Waals surface area (Å²) in [5.74, 6) is -6.21. The maximum absolute atomic E-state index is 9.67. The normalized spacial score (nSPS) is 8.91. The Balaban J connectivity index is -0.000000135. The molecule has 0 aliphatic heterocycles. The minimum absolute atomic E-state index is 0. The van der Waals surface area contributed by atoms with Crippen molar-refractivity contribution in [3.8, 4) is 0 Å². The van der Waals surface area contributed by atoms with Crippen molar-refractivity contribution in [1.29, 1.82) is 0 Å². The van der Waals surface area contributed by atoms with E-state index in [4.69, 9.17) is 10.4 Å². The average Bonchev–Trinajstić information content (AvgIpc) is 2.11. The second-order valence-corrected chi connectivity index (χ2v) is 3.13. The number of nitrogens with zero attached hydrogens (tertiary/aromatic N) is 2. The number of aliphatic carboxylic acids is 4. The quantitative estimate of drug-likeness (QED) is 0.267. The van der Waals surface area contributed by atoms with Crippen molar-refractivity contribution in [2.24, 2.45) is 0 Å². The van der Waals surface area contributed by atoms with E-state index in [0.29, 0.717) is 0 Å². The van der Waals surface area contributed by atoms with Crippen LogP contribution in [0.5, 0.6) is 0 Å². The topological polar surface area (TPSA) is 244 Å². The number of hydrogen-bond acceptors (Lipinski definition) is 12. The van der Waals surface area contributed by atoms with E-state index in [1.165, 1.54) is 0 Å². The van der Waals surface area contributed by atoms with Crippen molar-refractivity contribution in [1.82, 2.24) is 16.3 Å². The molecule has 0 amide bonds. The number of rotatable bonds is 8. The Hall–Kier alpha value is -1.80. The number of carboxylic acid groups (broad SMARTS) is 4. The molecule has 0 aliphatic rings. The van der Waals surface area contributed by atoms with Gasteiger partial charge in [0.2, 0.25) is 0 Å². The number of carboxylic acids is 4. The molecule has 129 valence electrons. The number of carbonyl (C=O) groups is 4. The van der Waals surface area contributed by atoms with Gasteiger partial charge >= 0.3 is 17.1 Å². The van der Waals surface area contributed by atoms with Crippen LogP contribution in [0.25, 0.3) is 0 Å². The van der Waals surface area contributed by atoms with E-state index in [0.717, 1.165) is 0 Å². The third kappa shape index (κ3) is 26.7. The van der Waals surface area contributed by atoms with Gasteiger partial charge in [0.05, 0.1) is 50.1 Å². The molecule has 0 aromatic rings. The molecule has 0 bridgehead atoms. The second-order valence-electron chi connectivity index (χ2n) is 3.13. The summed E-state index contributed by atoms with van der Waals surface area (Å²) in [6.45, 7) is -3.36. The Morgan fingerprint density at radius 1 is 0.636 bits per heavy atom. The maximum Gasteiger partial charge on any atom is 3.00 e. The zero-order valence-corrected chi connectivity index (χ0v) is 12.3. The summed E-state index contributed by atoms with van der Waals surface area (Å²) in [5, 5.41) is 55.6. The van der Waals surface area contributed by atoms with Crippen LogP contribution < -0.4 is 26.6 Å². The minimum Gasteiger partial charge on any atom is -0.549 e. The van der Waals surface area contributed by atoms with Crippen molar-refractivity contribution in [3.05, 3.63) is 0 Å². The van der Waals surface area contributed by atoms with Crippen molar-refractivity contribution in [3.63, 3.8) is 0 Å². The second kappa shape index (κ2) is 15.6. The molecule has 0 unspecified atom stereocenters. The van der Waals surface area contributed by atoms with E-state index in [1.54, 1.807) is 0 Å². The molecule has 0 heterocycles. The third-order valence-electron chi connectivity index (χ3n) is 1.25. The molecule has 0 aromatic carbocycles. The van der Waals surface area contributed by atoms with Gasteiger partial charge in [-0.1, -0.05) is 0 Å². The van der Waals surface area contributed by atoms with Gasteiger partial charge in [-0.05, 0) is 0 Å². The van der Waals surface area contributed by atoms with Gasteiger partial charge in [0, 0.05) is 0 Å². The fourth-order valence-electron chi connectivity index (χ4n) is 0.708. The third-order valence-corrected chi connectivity index (χ3v) is 1.25. The van der Waals surface area contributed by atoms with Crippen molar-refractivity contribution in [2.45, 2.75) is 0 Å². The number of carbonyl (C=O) groups excluding carboxylic acids is 4. The van der Waals surface area contributed by atoms with Crippen LogP contribution in [0, 0.1) is 0 Å². The number of hydrogen-bond donors (Lipinski definition) is 3. The zero-order valence-electron chi connectivity index (χ0n) is 11.2. The van der Waals surface area contributed by atoms with Gasteiger partial charge < -0.3 is 56.2 Å². The molecule has 13 nitrogen and oxygen atoms in total. The van der Waals surface area contributed by atoms with Crippen LogP contribution in [0.2, 0.25) is 0 Å². The van der Waals surface area contributed by atoms with E-state index >= 15 is 0 Å². The molecule has 0 aliphatic carbocycles. The smallest absolute Gasteiger partial charge is 0.549 e. The first-order valence-electron chi connectivity index (χ1n) is 4.71. The van der Waals surface area contributed by atoms with Crippen LogP contribution in [-0.4, -0.2) is 70.6 Å². The molecule has 14 heteroatoms. The Morgan fingerprint density at radius 3 is 0.864 bits per heavy atom. The van der Waals surface area contributed by atoms with Gasteiger partial charge in [0.25, 0.3) is 0 Å². The van der Waals surface area contributed by atoms with E-state index in [9.17, 15) is 39.6 Å². The van der Waals surface area contributed by atoms with Gasteiger partial charge in [-0.3, -0.25) is 0 Å². The van der Waals surface area contributed by atoms with Crippen molar-refractivity contribution in [2.75, 3.05) is 26.2 Å². The molecule has 22 heavy (non-hydrogen) atoms. The van der Waals surface area contributed by atoms with Crippen LogP contribution in [0.3, 0.4) is 0 Å². The largest absolute Gasteiger partial charge is 3.00 e. The molecule has 0 saturated heterocycles. The van der Waals surface area contributed by atoms with Gasteiger partial charge in [0.15, 0.2) is 0 Å². The Morgan fingerprint density at radius 2 is 0.773 bits per heavy atom. The zero-order chi connectivity index (χ0) is 16.3. The van der Waals surface area contributed by atoms with Crippen molar-refractivity contribution < 1.29 is 67.1 Å². The van der Waals surface area contributed by atoms with Gasteiger partial charge in [-0.2, -0.15) is 10.1 Å². The summed E-state index contributed by atoms with van der Waals surface area (Å²) in [6.07, 6.45) is 0. The number of quaternary nitrogens is 1. The summed E-state index contributed by atoms with van der Waals surface area (Å²) in [5.41, 5.74) is 0. The predicted octanol–water partition coefficient (Wildman–Crippen LogP) is -7.27. The molecule has 0 rings (SSSR count). The standard InChI is InChI=1S/2C4H7NO5.Fe.H3N/c2*6-3(7)1-5(10)2-4(8)9;;/h2*10H,1-2H2,(H,6,7)(H,8,9);;1H3/q;;+3;/p-3.